The van der Waals surface area contributed by atoms with Crippen LogP contribution in [0.2, 0.25) is 5.02 Å². The number of carbonyl (C=O) groups is 1. The largest absolute Gasteiger partial charge is 0.467 e. The Kier molecular flexibility index (Phi) is 5.59. The number of nitrogens with one attached hydrogen (secondary N) is 1. The molecule has 2 aromatic heterocycles. The summed E-state index contributed by atoms with van der Waals surface area (Å²) < 4.78 is 22.1. The van der Waals surface area contributed by atoms with E-state index < -0.39 is 6.04 Å². The van der Waals surface area contributed by atoms with Crippen molar-refractivity contribution in [2.24, 2.45) is 0 Å². The summed E-state index contributed by atoms with van der Waals surface area (Å²) in [5.41, 5.74) is 5.58. The molecule has 0 aliphatic carbocycles. The van der Waals surface area contributed by atoms with Crippen molar-refractivity contribution in [1.82, 2.24) is 20.6 Å². The van der Waals surface area contributed by atoms with Crippen molar-refractivity contribution in [3.05, 3.63) is 83.3 Å². The van der Waals surface area contributed by atoms with Gasteiger partial charge in [0.2, 0.25) is 12.7 Å². The molecular formula is C24H17ClN4O5S. The maximum Gasteiger partial charge on any atom is 0.277 e. The standard InChI is InChI=1S/C24H17ClN4O5S/c25-16-6-3-14(4-7-16)17-11-18(19-2-1-9-31-19)29(28-17)22(30)12-35-24-27-26-23(34-24)15-5-8-20-21(10-15)33-13-32-20/h1-11,18,28H,12-13H2/t18-/m1/s1. The molecule has 2 aliphatic rings. The van der Waals surface area contributed by atoms with Crippen LogP contribution in [0.3, 0.4) is 0 Å². The molecule has 0 unspecified atom stereocenters. The summed E-state index contributed by atoms with van der Waals surface area (Å²) in [6, 6.07) is 16.0. The second-order valence-electron chi connectivity index (χ2n) is 7.65. The molecule has 1 amide bonds. The van der Waals surface area contributed by atoms with Gasteiger partial charge in [0.25, 0.3) is 11.1 Å². The van der Waals surface area contributed by atoms with Crippen LogP contribution in [0.4, 0.5) is 0 Å². The van der Waals surface area contributed by atoms with E-state index in [0.717, 1.165) is 23.0 Å². The third-order valence-corrected chi connectivity index (χ3v) is 6.50. The summed E-state index contributed by atoms with van der Waals surface area (Å²) in [6.07, 6.45) is 3.52. The van der Waals surface area contributed by atoms with Crippen molar-refractivity contribution in [2.75, 3.05) is 12.5 Å². The molecule has 9 nitrogen and oxygen atoms in total. The number of carbonyl (C=O) groups excluding carboxylic acids is 1. The maximum absolute atomic E-state index is 13.2. The predicted octanol–water partition coefficient (Wildman–Crippen LogP) is 4.93. The Bertz CT molecular complexity index is 1400. The number of hydrogen-bond donors (Lipinski definition) is 1. The predicted molar refractivity (Wildman–Crippen MR) is 127 cm³/mol. The van der Waals surface area contributed by atoms with Gasteiger partial charge in [0.15, 0.2) is 11.5 Å². The van der Waals surface area contributed by atoms with Gasteiger partial charge in [-0.05, 0) is 54.1 Å². The quantitative estimate of drug-likeness (QED) is 0.363. The second-order valence-corrected chi connectivity index (χ2v) is 9.02. The van der Waals surface area contributed by atoms with Crippen LogP contribution in [-0.4, -0.2) is 33.7 Å². The Hall–Kier alpha value is -3.89. The Labute approximate surface area is 208 Å². The Balaban J connectivity index is 1.16. The highest BCUT2D eigenvalue weighted by Gasteiger charge is 2.32. The zero-order valence-corrected chi connectivity index (χ0v) is 19.6. The van der Waals surface area contributed by atoms with E-state index in [1.165, 1.54) is 5.01 Å². The van der Waals surface area contributed by atoms with Crippen molar-refractivity contribution in [2.45, 2.75) is 11.3 Å². The first-order chi connectivity index (χ1) is 17.1. The van der Waals surface area contributed by atoms with Gasteiger partial charge in [-0.25, -0.2) is 5.01 Å². The average molecular weight is 509 g/mol. The molecule has 11 heteroatoms. The molecule has 0 saturated heterocycles. The van der Waals surface area contributed by atoms with Crippen molar-refractivity contribution in [3.8, 4) is 23.0 Å². The maximum atomic E-state index is 13.2. The van der Waals surface area contributed by atoms with Crippen LogP contribution in [-0.2, 0) is 4.79 Å². The van der Waals surface area contributed by atoms with Crippen molar-refractivity contribution >= 4 is 35.0 Å². The van der Waals surface area contributed by atoms with Gasteiger partial charge < -0.3 is 18.3 Å². The highest BCUT2D eigenvalue weighted by Crippen LogP contribution is 2.36. The minimum absolute atomic E-state index is 0.0781. The second kappa shape index (κ2) is 9.05. The van der Waals surface area contributed by atoms with Gasteiger partial charge in [-0.2, -0.15) is 0 Å². The fourth-order valence-corrected chi connectivity index (χ4v) is 4.50. The number of nitrogens with zero attached hydrogens (tertiary/aromatic N) is 3. The molecule has 0 radical (unpaired) electrons. The van der Waals surface area contributed by atoms with Gasteiger partial charge in [0.05, 0.1) is 17.7 Å². The van der Waals surface area contributed by atoms with E-state index in [1.807, 2.05) is 30.3 Å². The van der Waals surface area contributed by atoms with Crippen molar-refractivity contribution in [3.63, 3.8) is 0 Å². The van der Waals surface area contributed by atoms with E-state index in [0.29, 0.717) is 33.7 Å². The van der Waals surface area contributed by atoms with E-state index in [2.05, 4.69) is 15.6 Å². The minimum Gasteiger partial charge on any atom is -0.467 e. The highest BCUT2D eigenvalue weighted by atomic mass is 35.5. The Morgan fingerprint density at radius 2 is 1.91 bits per heavy atom. The van der Waals surface area contributed by atoms with Crippen molar-refractivity contribution in [1.29, 1.82) is 0 Å². The summed E-state index contributed by atoms with van der Waals surface area (Å²) in [5, 5.41) is 10.6. The number of rotatable bonds is 6. The molecule has 6 rings (SSSR count). The number of thioether (sulfide) groups is 1. The van der Waals surface area contributed by atoms with E-state index in [1.54, 1.807) is 36.6 Å². The SMILES string of the molecule is O=C(CSc1nnc(-c2ccc3c(c2)OCO3)o1)N1NC(c2ccc(Cl)cc2)=C[C@@H]1c1ccco1. The molecule has 0 spiro atoms. The zero-order chi connectivity index (χ0) is 23.8. The molecule has 35 heavy (non-hydrogen) atoms. The Morgan fingerprint density at radius 1 is 1.09 bits per heavy atom. The van der Waals surface area contributed by atoms with Crippen LogP contribution < -0.4 is 14.9 Å². The summed E-state index contributed by atoms with van der Waals surface area (Å²) >= 11 is 7.17. The minimum atomic E-state index is -0.407. The van der Waals surface area contributed by atoms with Gasteiger partial charge in [0, 0.05) is 10.6 Å². The molecule has 1 N–H and O–H groups in total. The first-order valence-electron chi connectivity index (χ1n) is 10.6. The van der Waals surface area contributed by atoms with Crippen LogP contribution in [0.1, 0.15) is 17.4 Å². The third kappa shape index (κ3) is 4.33. The molecule has 4 heterocycles. The topological polar surface area (TPSA) is 103 Å². The summed E-state index contributed by atoms with van der Waals surface area (Å²) in [4.78, 5) is 13.2. The zero-order valence-electron chi connectivity index (χ0n) is 18.0. The first kappa shape index (κ1) is 21.6. The molecule has 2 aromatic carbocycles. The van der Waals surface area contributed by atoms with Gasteiger partial charge >= 0.3 is 0 Å². The van der Waals surface area contributed by atoms with Gasteiger partial charge in [-0.1, -0.05) is 35.5 Å². The number of benzene rings is 2. The number of furan rings is 1. The molecule has 1 atom stereocenters. The van der Waals surface area contributed by atoms with Gasteiger partial charge in [0.1, 0.15) is 11.8 Å². The third-order valence-electron chi connectivity index (χ3n) is 5.45. The average Bonchev–Trinajstić information content (AvgIpc) is 3.68. The lowest BCUT2D eigenvalue weighted by Crippen LogP contribution is -2.40. The number of amides is 1. The molecule has 0 bridgehead atoms. The lowest BCUT2D eigenvalue weighted by atomic mass is 10.1. The Morgan fingerprint density at radius 3 is 2.74 bits per heavy atom. The number of ether oxygens (including phenoxy) is 2. The smallest absolute Gasteiger partial charge is 0.277 e. The number of aromatic nitrogens is 2. The molecule has 0 saturated carbocycles. The van der Waals surface area contributed by atoms with E-state index in [-0.39, 0.29) is 23.7 Å². The van der Waals surface area contributed by atoms with E-state index in [4.69, 9.17) is 29.9 Å². The van der Waals surface area contributed by atoms with Crippen LogP contribution in [0, 0.1) is 0 Å². The molecular weight excluding hydrogens is 492 g/mol. The summed E-state index contributed by atoms with van der Waals surface area (Å²) in [5.74, 6) is 2.16. The van der Waals surface area contributed by atoms with Crippen LogP contribution >= 0.6 is 23.4 Å². The fourth-order valence-electron chi connectivity index (χ4n) is 3.75. The highest BCUT2D eigenvalue weighted by molar-refractivity contribution is 7.99. The van der Waals surface area contributed by atoms with Crippen molar-refractivity contribution < 1.29 is 23.1 Å². The normalized spacial score (nSPS) is 16.3. The van der Waals surface area contributed by atoms with Gasteiger partial charge in [-0.15, -0.1) is 10.2 Å². The molecule has 176 valence electrons. The summed E-state index contributed by atoms with van der Waals surface area (Å²) in [7, 11) is 0. The number of hydrazine groups is 1. The molecule has 0 fully saturated rings. The summed E-state index contributed by atoms with van der Waals surface area (Å²) in [6.45, 7) is 0.184. The van der Waals surface area contributed by atoms with Crippen LogP contribution in [0.15, 0.2) is 81.0 Å². The molecule has 2 aliphatic heterocycles. The van der Waals surface area contributed by atoms with E-state index in [9.17, 15) is 4.79 Å². The lowest BCUT2D eigenvalue weighted by Gasteiger charge is -2.23. The number of fused-ring (bicyclic) bond motifs is 1. The molecule has 4 aromatic rings. The van der Waals surface area contributed by atoms with Crippen LogP contribution in [0.25, 0.3) is 17.2 Å². The number of hydrogen-bond acceptors (Lipinski definition) is 9. The monoisotopic (exact) mass is 508 g/mol. The van der Waals surface area contributed by atoms with E-state index >= 15 is 0 Å². The fraction of sp³-hybridized carbons (Fsp3) is 0.125. The number of halogens is 1. The van der Waals surface area contributed by atoms with Gasteiger partial charge in [-0.3, -0.25) is 10.2 Å². The van der Waals surface area contributed by atoms with Crippen LogP contribution in [0.5, 0.6) is 11.5 Å². The lowest BCUT2D eigenvalue weighted by molar-refractivity contribution is -0.131. The first-order valence-corrected chi connectivity index (χ1v) is 12.0.